The molecule has 146 valence electrons. The highest BCUT2D eigenvalue weighted by molar-refractivity contribution is 9.10. The summed E-state index contributed by atoms with van der Waals surface area (Å²) in [5.74, 6) is -2.12. The van der Waals surface area contributed by atoms with Crippen LogP contribution >= 0.6 is 15.9 Å². The Labute approximate surface area is 169 Å². The molecular weight excluding hydrogens is 432 g/mol. The summed E-state index contributed by atoms with van der Waals surface area (Å²) in [5, 5.41) is 4.48. The lowest BCUT2D eigenvalue weighted by atomic mass is 10.2. The van der Waals surface area contributed by atoms with Gasteiger partial charge in [-0.2, -0.15) is 0 Å². The normalized spacial score (nSPS) is 9.93. The molecule has 9 heteroatoms. The molecule has 0 saturated heterocycles. The van der Waals surface area contributed by atoms with E-state index >= 15 is 0 Å². The molecule has 8 nitrogen and oxygen atoms in total. The molecule has 2 aromatic rings. The minimum Gasteiger partial charge on any atom is -0.497 e. The highest BCUT2D eigenvalue weighted by Gasteiger charge is 2.14. The molecule has 0 aromatic heterocycles. The lowest BCUT2D eigenvalue weighted by molar-refractivity contribution is -0.147. The standard InChI is InChI=1S/C19H17BrN2O6/c1-27-15-7-5-12(6-8-15)19(26)22-16(23)11-28-17(24)10-21-18(25)13-3-2-4-14(20)9-13/h2-9H,10-11H2,1H3,(H,21,25)(H,22,23,26). The molecule has 0 atom stereocenters. The number of rotatable bonds is 7. The van der Waals surface area contributed by atoms with Crippen molar-refractivity contribution in [2.24, 2.45) is 0 Å². The van der Waals surface area contributed by atoms with Crippen LogP contribution in [0.2, 0.25) is 0 Å². The molecule has 0 heterocycles. The monoisotopic (exact) mass is 448 g/mol. The molecule has 2 aromatic carbocycles. The van der Waals surface area contributed by atoms with Gasteiger partial charge >= 0.3 is 5.97 Å². The molecule has 3 amide bonds. The van der Waals surface area contributed by atoms with Crippen molar-refractivity contribution >= 4 is 39.6 Å². The zero-order valence-corrected chi connectivity index (χ0v) is 16.4. The number of hydrogen-bond donors (Lipinski definition) is 2. The third kappa shape index (κ3) is 6.51. The maximum atomic E-state index is 11.9. The molecule has 2 N–H and O–H groups in total. The van der Waals surface area contributed by atoms with Crippen LogP contribution in [0.4, 0.5) is 0 Å². The van der Waals surface area contributed by atoms with Crippen molar-refractivity contribution in [2.75, 3.05) is 20.3 Å². The number of imide groups is 1. The van der Waals surface area contributed by atoms with Crippen molar-refractivity contribution in [2.45, 2.75) is 0 Å². The highest BCUT2D eigenvalue weighted by atomic mass is 79.9. The van der Waals surface area contributed by atoms with Crippen molar-refractivity contribution in [3.8, 4) is 5.75 Å². The lowest BCUT2D eigenvalue weighted by Gasteiger charge is -2.08. The Morgan fingerprint density at radius 2 is 1.68 bits per heavy atom. The van der Waals surface area contributed by atoms with Gasteiger partial charge in [-0.25, -0.2) is 0 Å². The van der Waals surface area contributed by atoms with E-state index in [1.807, 2.05) is 0 Å². The van der Waals surface area contributed by atoms with Crippen LogP contribution in [0.15, 0.2) is 53.0 Å². The van der Waals surface area contributed by atoms with Gasteiger partial charge in [-0.1, -0.05) is 22.0 Å². The van der Waals surface area contributed by atoms with Crippen molar-refractivity contribution in [3.63, 3.8) is 0 Å². The fraction of sp³-hybridized carbons (Fsp3) is 0.158. The minimum atomic E-state index is -0.810. The average Bonchev–Trinajstić information content (AvgIpc) is 2.70. The van der Waals surface area contributed by atoms with Crippen molar-refractivity contribution in [1.29, 1.82) is 0 Å². The van der Waals surface area contributed by atoms with Gasteiger partial charge in [-0.05, 0) is 42.5 Å². The molecule has 0 bridgehead atoms. The number of esters is 1. The van der Waals surface area contributed by atoms with E-state index in [-0.39, 0.29) is 5.56 Å². The maximum absolute atomic E-state index is 11.9. The molecule has 0 aliphatic heterocycles. The van der Waals surface area contributed by atoms with Crippen LogP contribution in [-0.4, -0.2) is 44.0 Å². The molecule has 0 fully saturated rings. The second-order valence-corrected chi connectivity index (χ2v) is 6.38. The summed E-state index contributed by atoms with van der Waals surface area (Å²) in [6.45, 7) is -1.06. The SMILES string of the molecule is COc1ccc(C(=O)NC(=O)COC(=O)CNC(=O)c2cccc(Br)c2)cc1. The van der Waals surface area contributed by atoms with Gasteiger partial charge in [0.15, 0.2) is 6.61 Å². The van der Waals surface area contributed by atoms with Gasteiger partial charge in [0.05, 0.1) is 7.11 Å². The van der Waals surface area contributed by atoms with Crippen LogP contribution in [0, 0.1) is 0 Å². The zero-order valence-electron chi connectivity index (χ0n) is 14.9. The Morgan fingerprint density at radius 1 is 0.964 bits per heavy atom. The number of hydrogen-bond acceptors (Lipinski definition) is 6. The Balaban J connectivity index is 1.73. The summed E-state index contributed by atoms with van der Waals surface area (Å²) < 4.78 is 10.4. The number of carbonyl (C=O) groups excluding carboxylic acids is 4. The topological polar surface area (TPSA) is 111 Å². The fourth-order valence-electron chi connectivity index (χ4n) is 2.06. The number of amides is 3. The maximum Gasteiger partial charge on any atom is 0.325 e. The highest BCUT2D eigenvalue weighted by Crippen LogP contribution is 2.12. The van der Waals surface area contributed by atoms with Crippen LogP contribution in [0.25, 0.3) is 0 Å². The van der Waals surface area contributed by atoms with Gasteiger partial charge < -0.3 is 14.8 Å². The second-order valence-electron chi connectivity index (χ2n) is 5.46. The van der Waals surface area contributed by atoms with E-state index in [1.54, 1.807) is 36.4 Å². The van der Waals surface area contributed by atoms with Gasteiger partial charge in [0.2, 0.25) is 0 Å². The van der Waals surface area contributed by atoms with Crippen molar-refractivity contribution in [1.82, 2.24) is 10.6 Å². The smallest absolute Gasteiger partial charge is 0.325 e. The van der Waals surface area contributed by atoms with Gasteiger partial charge in [0.25, 0.3) is 17.7 Å². The van der Waals surface area contributed by atoms with Crippen LogP contribution in [-0.2, 0) is 14.3 Å². The fourth-order valence-corrected chi connectivity index (χ4v) is 2.46. The Hall–Kier alpha value is -3.20. The number of nitrogens with one attached hydrogen (secondary N) is 2. The number of methoxy groups -OCH3 is 1. The quantitative estimate of drug-likeness (QED) is 0.623. The number of carbonyl (C=O) groups is 4. The predicted molar refractivity (Wildman–Crippen MR) is 103 cm³/mol. The molecule has 0 spiro atoms. The van der Waals surface area contributed by atoms with E-state index in [0.717, 1.165) is 4.47 Å². The molecule has 0 aliphatic carbocycles. The third-order valence-electron chi connectivity index (χ3n) is 3.45. The first-order chi connectivity index (χ1) is 13.4. The largest absolute Gasteiger partial charge is 0.497 e. The molecule has 28 heavy (non-hydrogen) atoms. The lowest BCUT2D eigenvalue weighted by Crippen LogP contribution is -2.36. The molecule has 0 unspecified atom stereocenters. The summed E-state index contributed by atoms with van der Waals surface area (Å²) in [7, 11) is 1.49. The van der Waals surface area contributed by atoms with Crippen molar-refractivity contribution in [3.05, 3.63) is 64.1 Å². The zero-order chi connectivity index (χ0) is 20.5. The van der Waals surface area contributed by atoms with Gasteiger partial charge in [0, 0.05) is 15.6 Å². The molecule has 2 rings (SSSR count). The first-order valence-electron chi connectivity index (χ1n) is 8.06. The average molecular weight is 449 g/mol. The van der Waals surface area contributed by atoms with E-state index in [4.69, 9.17) is 9.47 Å². The summed E-state index contributed by atoms with van der Waals surface area (Å²) in [6.07, 6.45) is 0. The van der Waals surface area contributed by atoms with Gasteiger partial charge in [-0.3, -0.25) is 24.5 Å². The molecule has 0 radical (unpaired) electrons. The second kappa shape index (κ2) is 10.2. The molecular formula is C19H17BrN2O6. The number of halogens is 1. The Morgan fingerprint density at radius 3 is 2.32 bits per heavy atom. The first kappa shape index (κ1) is 21.1. The van der Waals surface area contributed by atoms with E-state index in [2.05, 4.69) is 26.6 Å². The summed E-state index contributed by atoms with van der Waals surface area (Å²) in [6, 6.07) is 12.8. The van der Waals surface area contributed by atoms with E-state index in [9.17, 15) is 19.2 Å². The van der Waals surface area contributed by atoms with Crippen LogP contribution < -0.4 is 15.4 Å². The van der Waals surface area contributed by atoms with Gasteiger partial charge in [0.1, 0.15) is 12.3 Å². The summed E-state index contributed by atoms with van der Waals surface area (Å²) in [4.78, 5) is 47.2. The number of benzene rings is 2. The summed E-state index contributed by atoms with van der Waals surface area (Å²) >= 11 is 3.24. The van der Waals surface area contributed by atoms with Crippen molar-refractivity contribution < 1.29 is 28.7 Å². The van der Waals surface area contributed by atoms with E-state index < -0.39 is 36.8 Å². The first-order valence-corrected chi connectivity index (χ1v) is 8.86. The van der Waals surface area contributed by atoms with Crippen LogP contribution in [0.5, 0.6) is 5.75 Å². The van der Waals surface area contributed by atoms with Crippen LogP contribution in [0.3, 0.4) is 0 Å². The van der Waals surface area contributed by atoms with Crippen LogP contribution in [0.1, 0.15) is 20.7 Å². The van der Waals surface area contributed by atoms with E-state index in [1.165, 1.54) is 19.2 Å². The molecule has 0 aliphatic rings. The predicted octanol–water partition coefficient (Wildman–Crippen LogP) is 1.69. The minimum absolute atomic E-state index is 0.252. The Kier molecular flexibility index (Phi) is 7.70. The van der Waals surface area contributed by atoms with E-state index in [0.29, 0.717) is 11.3 Å². The summed E-state index contributed by atoms with van der Waals surface area (Å²) in [5.41, 5.74) is 0.617. The number of ether oxygens (including phenoxy) is 2. The molecule has 0 saturated carbocycles. The third-order valence-corrected chi connectivity index (χ3v) is 3.94. The van der Waals surface area contributed by atoms with Gasteiger partial charge in [-0.15, -0.1) is 0 Å². The Bertz CT molecular complexity index is 882.